The highest BCUT2D eigenvalue weighted by Gasteiger charge is 2.25. The normalized spacial score (nSPS) is 22.6. The standard InChI is InChI=1S/C20H26FN3O2/c1-14-11-16(7-8-17(14)21)18-12-24(9-10-25-18)13-19-22-20(26-23-19)15-5-3-2-4-6-15/h7-8,11,15,18H,2-6,9-10,12-13H2,1H3. The second kappa shape index (κ2) is 7.84. The van der Waals surface area contributed by atoms with Crippen LogP contribution in [0.5, 0.6) is 0 Å². The minimum atomic E-state index is -0.177. The fraction of sp³-hybridized carbons (Fsp3) is 0.600. The third-order valence-electron chi connectivity index (χ3n) is 5.51. The number of hydrogen-bond acceptors (Lipinski definition) is 5. The maximum atomic E-state index is 13.5. The van der Waals surface area contributed by atoms with E-state index < -0.39 is 0 Å². The second-order valence-corrected chi connectivity index (χ2v) is 7.49. The van der Waals surface area contributed by atoms with Crippen molar-refractivity contribution in [3.05, 3.63) is 46.9 Å². The van der Waals surface area contributed by atoms with Gasteiger partial charge in [0, 0.05) is 19.0 Å². The summed E-state index contributed by atoms with van der Waals surface area (Å²) >= 11 is 0. The van der Waals surface area contributed by atoms with Crippen LogP contribution in [0, 0.1) is 12.7 Å². The lowest BCUT2D eigenvalue weighted by molar-refractivity contribution is -0.0338. The molecule has 0 spiro atoms. The van der Waals surface area contributed by atoms with Gasteiger partial charge in [-0.2, -0.15) is 4.98 Å². The number of nitrogens with zero attached hydrogens (tertiary/aromatic N) is 3. The van der Waals surface area contributed by atoms with Gasteiger partial charge in [-0.1, -0.05) is 36.6 Å². The molecule has 1 aliphatic carbocycles. The fourth-order valence-corrected chi connectivity index (χ4v) is 3.96. The molecule has 0 N–H and O–H groups in total. The number of aromatic nitrogens is 2. The summed E-state index contributed by atoms with van der Waals surface area (Å²) in [4.78, 5) is 6.92. The zero-order chi connectivity index (χ0) is 17.9. The van der Waals surface area contributed by atoms with Crippen LogP contribution >= 0.6 is 0 Å². The predicted octanol–water partition coefficient (Wildman–Crippen LogP) is 4.14. The average molecular weight is 359 g/mol. The molecule has 2 aliphatic rings. The van der Waals surface area contributed by atoms with Crippen LogP contribution in [0.25, 0.3) is 0 Å². The van der Waals surface area contributed by atoms with Crippen LogP contribution in [0.1, 0.15) is 67.0 Å². The highest BCUT2D eigenvalue weighted by molar-refractivity contribution is 5.26. The van der Waals surface area contributed by atoms with Crippen molar-refractivity contribution in [2.45, 2.75) is 57.6 Å². The molecule has 2 heterocycles. The summed E-state index contributed by atoms with van der Waals surface area (Å²) in [5, 5.41) is 4.19. The van der Waals surface area contributed by atoms with Crippen molar-refractivity contribution in [1.82, 2.24) is 15.0 Å². The first-order valence-corrected chi connectivity index (χ1v) is 9.61. The van der Waals surface area contributed by atoms with Gasteiger partial charge in [0.1, 0.15) is 5.82 Å². The predicted molar refractivity (Wildman–Crippen MR) is 95.2 cm³/mol. The summed E-state index contributed by atoms with van der Waals surface area (Å²) in [6, 6.07) is 5.20. The molecule has 2 aromatic rings. The van der Waals surface area contributed by atoms with Crippen molar-refractivity contribution in [1.29, 1.82) is 0 Å². The molecule has 1 atom stereocenters. The highest BCUT2D eigenvalue weighted by atomic mass is 19.1. The van der Waals surface area contributed by atoms with Gasteiger partial charge in [-0.15, -0.1) is 0 Å². The van der Waals surface area contributed by atoms with E-state index in [9.17, 15) is 4.39 Å². The molecule has 1 saturated heterocycles. The molecule has 1 aromatic heterocycles. The van der Waals surface area contributed by atoms with Crippen LogP contribution in [0.2, 0.25) is 0 Å². The molecular formula is C20H26FN3O2. The first-order valence-electron chi connectivity index (χ1n) is 9.61. The number of hydrogen-bond donors (Lipinski definition) is 0. The van der Waals surface area contributed by atoms with Gasteiger partial charge in [-0.25, -0.2) is 4.39 Å². The van der Waals surface area contributed by atoms with Crippen molar-refractivity contribution in [3.8, 4) is 0 Å². The Morgan fingerprint density at radius 1 is 1.23 bits per heavy atom. The summed E-state index contributed by atoms with van der Waals surface area (Å²) in [6.07, 6.45) is 6.09. The van der Waals surface area contributed by atoms with Gasteiger partial charge in [0.25, 0.3) is 0 Å². The highest BCUT2D eigenvalue weighted by Crippen LogP contribution is 2.31. The zero-order valence-corrected chi connectivity index (χ0v) is 15.3. The van der Waals surface area contributed by atoms with E-state index in [-0.39, 0.29) is 11.9 Å². The molecule has 5 nitrogen and oxygen atoms in total. The van der Waals surface area contributed by atoms with E-state index in [0.29, 0.717) is 24.6 Å². The zero-order valence-electron chi connectivity index (χ0n) is 15.3. The number of morpholine rings is 1. The monoisotopic (exact) mass is 359 g/mol. The van der Waals surface area contributed by atoms with E-state index in [1.165, 1.54) is 25.3 Å². The summed E-state index contributed by atoms with van der Waals surface area (Å²) in [7, 11) is 0. The van der Waals surface area contributed by atoms with Crippen molar-refractivity contribution < 1.29 is 13.7 Å². The van der Waals surface area contributed by atoms with Crippen LogP contribution in [0.4, 0.5) is 4.39 Å². The van der Waals surface area contributed by atoms with E-state index in [0.717, 1.165) is 43.2 Å². The third kappa shape index (κ3) is 3.96. The minimum absolute atomic E-state index is 0.0484. The molecule has 2 fully saturated rings. The van der Waals surface area contributed by atoms with E-state index in [1.807, 2.05) is 12.1 Å². The van der Waals surface area contributed by atoms with Gasteiger partial charge in [0.2, 0.25) is 5.89 Å². The molecule has 140 valence electrons. The van der Waals surface area contributed by atoms with Gasteiger partial charge in [-0.05, 0) is 37.0 Å². The second-order valence-electron chi connectivity index (χ2n) is 7.49. The number of benzene rings is 1. The van der Waals surface area contributed by atoms with Gasteiger partial charge < -0.3 is 9.26 Å². The number of halogens is 1. The Balaban J connectivity index is 1.39. The maximum Gasteiger partial charge on any atom is 0.229 e. The van der Waals surface area contributed by atoms with Crippen molar-refractivity contribution >= 4 is 0 Å². The number of rotatable bonds is 4. The molecule has 6 heteroatoms. The summed E-state index contributed by atoms with van der Waals surface area (Å²) in [6.45, 7) is 4.68. The molecule has 0 amide bonds. The van der Waals surface area contributed by atoms with Crippen LogP contribution in [0.3, 0.4) is 0 Å². The topological polar surface area (TPSA) is 51.4 Å². The van der Waals surface area contributed by atoms with Crippen LogP contribution < -0.4 is 0 Å². The number of aryl methyl sites for hydroxylation is 1. The van der Waals surface area contributed by atoms with Crippen molar-refractivity contribution in [2.75, 3.05) is 19.7 Å². The van der Waals surface area contributed by atoms with E-state index in [4.69, 9.17) is 9.26 Å². The van der Waals surface area contributed by atoms with Crippen LogP contribution in [-0.2, 0) is 11.3 Å². The van der Waals surface area contributed by atoms with Crippen LogP contribution in [0.15, 0.2) is 22.7 Å². The van der Waals surface area contributed by atoms with E-state index in [1.54, 1.807) is 6.92 Å². The lowest BCUT2D eigenvalue weighted by Crippen LogP contribution is -2.38. The maximum absolute atomic E-state index is 13.5. The third-order valence-corrected chi connectivity index (χ3v) is 5.51. The van der Waals surface area contributed by atoms with Crippen molar-refractivity contribution in [2.24, 2.45) is 0 Å². The lowest BCUT2D eigenvalue weighted by atomic mass is 9.89. The molecule has 1 unspecified atom stereocenters. The summed E-state index contributed by atoms with van der Waals surface area (Å²) in [5.74, 6) is 1.81. The Labute approximate surface area is 153 Å². The van der Waals surface area contributed by atoms with Gasteiger partial charge in [-0.3, -0.25) is 4.90 Å². The Hall–Kier alpha value is -1.79. The summed E-state index contributed by atoms with van der Waals surface area (Å²) in [5.41, 5.74) is 1.67. The van der Waals surface area contributed by atoms with Gasteiger partial charge >= 0.3 is 0 Å². The Morgan fingerprint density at radius 3 is 2.88 bits per heavy atom. The smallest absolute Gasteiger partial charge is 0.229 e. The van der Waals surface area contributed by atoms with Gasteiger partial charge in [0.15, 0.2) is 5.82 Å². The molecule has 4 rings (SSSR count). The average Bonchev–Trinajstić information content (AvgIpc) is 3.13. The molecule has 26 heavy (non-hydrogen) atoms. The molecule has 0 radical (unpaired) electrons. The lowest BCUT2D eigenvalue weighted by Gasteiger charge is -2.32. The molecule has 1 aliphatic heterocycles. The summed E-state index contributed by atoms with van der Waals surface area (Å²) < 4.78 is 24.9. The molecule has 1 aromatic carbocycles. The Bertz CT molecular complexity index is 742. The number of ether oxygens (including phenoxy) is 1. The largest absolute Gasteiger partial charge is 0.371 e. The Morgan fingerprint density at radius 2 is 2.08 bits per heavy atom. The van der Waals surface area contributed by atoms with E-state index in [2.05, 4.69) is 15.0 Å². The van der Waals surface area contributed by atoms with Crippen LogP contribution in [-0.4, -0.2) is 34.7 Å². The van der Waals surface area contributed by atoms with Crippen molar-refractivity contribution in [3.63, 3.8) is 0 Å². The van der Waals surface area contributed by atoms with Gasteiger partial charge in [0.05, 0.1) is 19.3 Å². The fourth-order valence-electron chi connectivity index (χ4n) is 3.96. The molecule has 1 saturated carbocycles. The Kier molecular flexibility index (Phi) is 5.31. The molecular weight excluding hydrogens is 333 g/mol. The molecule has 0 bridgehead atoms. The SMILES string of the molecule is Cc1cc(C2CN(Cc3noc(C4CCCCC4)n3)CCO2)ccc1F. The minimum Gasteiger partial charge on any atom is -0.371 e. The first-order chi connectivity index (χ1) is 12.7. The quantitative estimate of drug-likeness (QED) is 0.821. The van der Waals surface area contributed by atoms with E-state index >= 15 is 0 Å². The first kappa shape index (κ1) is 17.6.